The molecule has 0 aromatic carbocycles. The van der Waals surface area contributed by atoms with Gasteiger partial charge >= 0.3 is 0 Å². The van der Waals surface area contributed by atoms with E-state index in [4.69, 9.17) is 5.73 Å². The topological polar surface area (TPSA) is 38.0 Å². The Kier molecular flexibility index (Phi) is 2.28. The van der Waals surface area contributed by atoms with Crippen LogP contribution in [0.5, 0.6) is 0 Å². The van der Waals surface area contributed by atoms with Crippen molar-refractivity contribution < 1.29 is 0 Å². The van der Waals surface area contributed by atoms with Gasteiger partial charge in [0, 0.05) is 6.54 Å². The van der Waals surface area contributed by atoms with E-state index in [2.05, 4.69) is 17.5 Å². The zero-order valence-corrected chi connectivity index (χ0v) is 6.21. The summed E-state index contributed by atoms with van der Waals surface area (Å²) >= 11 is 4.65. The highest BCUT2D eigenvalue weighted by Crippen LogP contribution is 2.24. The Morgan fingerprint density at radius 1 is 1.67 bits per heavy atom. The average molecular weight is 144 g/mol. The van der Waals surface area contributed by atoms with E-state index in [1.54, 1.807) is 0 Å². The van der Waals surface area contributed by atoms with Crippen LogP contribution in [-0.2, 0) is 0 Å². The fourth-order valence-electron chi connectivity index (χ4n) is 0.942. The Balaban J connectivity index is 1.97. The standard InChI is InChI=1S/C6H12N2S/c7-6(9)8-4-5-2-1-3-5/h5H,1-4H2,(H3,7,8,9). The Morgan fingerprint density at radius 3 is 2.67 bits per heavy atom. The maximum Gasteiger partial charge on any atom is 0.163 e. The van der Waals surface area contributed by atoms with Gasteiger partial charge in [0.2, 0.25) is 0 Å². The van der Waals surface area contributed by atoms with E-state index in [9.17, 15) is 0 Å². The van der Waals surface area contributed by atoms with Crippen molar-refractivity contribution in [1.82, 2.24) is 5.32 Å². The van der Waals surface area contributed by atoms with Gasteiger partial charge in [-0.3, -0.25) is 0 Å². The molecule has 0 radical (unpaired) electrons. The monoisotopic (exact) mass is 144 g/mol. The summed E-state index contributed by atoms with van der Waals surface area (Å²) in [5.74, 6) is 0.839. The molecular weight excluding hydrogens is 132 g/mol. The predicted molar refractivity (Wildman–Crippen MR) is 42.1 cm³/mol. The largest absolute Gasteiger partial charge is 0.376 e. The first kappa shape index (κ1) is 6.81. The summed E-state index contributed by atoms with van der Waals surface area (Å²) in [5, 5.41) is 3.39. The summed E-state index contributed by atoms with van der Waals surface area (Å²) in [5.41, 5.74) is 5.24. The quantitative estimate of drug-likeness (QED) is 0.558. The van der Waals surface area contributed by atoms with E-state index < -0.39 is 0 Å². The molecule has 0 spiro atoms. The summed E-state index contributed by atoms with van der Waals surface area (Å²) in [6.07, 6.45) is 4.06. The van der Waals surface area contributed by atoms with Crippen molar-refractivity contribution in [3.8, 4) is 0 Å². The van der Waals surface area contributed by atoms with Crippen molar-refractivity contribution in [2.45, 2.75) is 19.3 Å². The molecule has 0 unspecified atom stereocenters. The fourth-order valence-corrected chi connectivity index (χ4v) is 1.03. The molecule has 0 heterocycles. The van der Waals surface area contributed by atoms with Gasteiger partial charge in [0.05, 0.1) is 0 Å². The molecule has 1 saturated carbocycles. The SMILES string of the molecule is NC(=S)NCC1CCC1. The number of nitrogens with two attached hydrogens (primary N) is 1. The van der Waals surface area contributed by atoms with Gasteiger partial charge in [-0.15, -0.1) is 0 Å². The number of hydrogen-bond donors (Lipinski definition) is 2. The maximum absolute atomic E-state index is 5.24. The van der Waals surface area contributed by atoms with Crippen molar-refractivity contribution in [3.63, 3.8) is 0 Å². The van der Waals surface area contributed by atoms with Gasteiger partial charge in [-0.05, 0) is 31.0 Å². The van der Waals surface area contributed by atoms with E-state index in [0.29, 0.717) is 5.11 Å². The average Bonchev–Trinajstić information content (AvgIpc) is 1.60. The summed E-state index contributed by atoms with van der Waals surface area (Å²) in [4.78, 5) is 0. The third-order valence-corrected chi connectivity index (χ3v) is 1.93. The molecule has 0 aromatic rings. The fraction of sp³-hybridized carbons (Fsp3) is 0.833. The molecule has 1 rings (SSSR count). The maximum atomic E-state index is 5.24. The minimum atomic E-state index is 0.432. The van der Waals surface area contributed by atoms with Crippen molar-refractivity contribution in [3.05, 3.63) is 0 Å². The Bertz CT molecular complexity index is 110. The van der Waals surface area contributed by atoms with E-state index in [1.165, 1.54) is 19.3 Å². The van der Waals surface area contributed by atoms with Gasteiger partial charge in [0.25, 0.3) is 0 Å². The van der Waals surface area contributed by atoms with Gasteiger partial charge in [0.15, 0.2) is 5.11 Å². The Morgan fingerprint density at radius 2 is 2.33 bits per heavy atom. The summed E-state index contributed by atoms with van der Waals surface area (Å²) in [7, 11) is 0. The number of rotatable bonds is 2. The van der Waals surface area contributed by atoms with Crippen LogP contribution in [0.4, 0.5) is 0 Å². The highest BCUT2D eigenvalue weighted by Gasteiger charge is 2.16. The predicted octanol–water partition coefficient (Wildman–Crippen LogP) is 0.620. The number of hydrogen-bond acceptors (Lipinski definition) is 1. The first-order chi connectivity index (χ1) is 4.29. The number of thiocarbonyl (C=S) groups is 1. The highest BCUT2D eigenvalue weighted by atomic mass is 32.1. The van der Waals surface area contributed by atoms with Gasteiger partial charge in [-0.25, -0.2) is 0 Å². The lowest BCUT2D eigenvalue weighted by Gasteiger charge is -2.25. The summed E-state index contributed by atoms with van der Waals surface area (Å²) < 4.78 is 0. The normalized spacial score (nSPS) is 18.7. The minimum absolute atomic E-state index is 0.432. The third kappa shape index (κ3) is 2.18. The Labute approximate surface area is 60.8 Å². The van der Waals surface area contributed by atoms with Gasteiger partial charge in [0.1, 0.15) is 0 Å². The molecule has 3 N–H and O–H groups in total. The van der Waals surface area contributed by atoms with E-state index in [1.807, 2.05) is 0 Å². The summed E-state index contributed by atoms with van der Waals surface area (Å²) in [6.45, 7) is 0.981. The van der Waals surface area contributed by atoms with Crippen LogP contribution in [0.15, 0.2) is 0 Å². The van der Waals surface area contributed by atoms with Crippen molar-refractivity contribution >= 4 is 17.3 Å². The second-order valence-corrected chi connectivity index (χ2v) is 2.98. The Hall–Kier alpha value is -0.310. The lowest BCUT2D eigenvalue weighted by atomic mass is 9.85. The highest BCUT2D eigenvalue weighted by molar-refractivity contribution is 7.80. The lowest BCUT2D eigenvalue weighted by Crippen LogP contribution is -2.35. The molecule has 3 heteroatoms. The van der Waals surface area contributed by atoms with E-state index in [-0.39, 0.29) is 0 Å². The minimum Gasteiger partial charge on any atom is -0.376 e. The first-order valence-corrected chi connectivity index (χ1v) is 3.73. The molecule has 0 bridgehead atoms. The number of nitrogens with one attached hydrogen (secondary N) is 1. The molecule has 0 aliphatic heterocycles. The summed E-state index contributed by atoms with van der Waals surface area (Å²) in [6, 6.07) is 0. The molecule has 0 amide bonds. The smallest absolute Gasteiger partial charge is 0.163 e. The van der Waals surface area contributed by atoms with Crippen LogP contribution in [0.25, 0.3) is 0 Å². The molecule has 52 valence electrons. The van der Waals surface area contributed by atoms with Gasteiger partial charge in [-0.1, -0.05) is 6.42 Å². The van der Waals surface area contributed by atoms with Crippen molar-refractivity contribution in [1.29, 1.82) is 0 Å². The van der Waals surface area contributed by atoms with Crippen LogP contribution in [0, 0.1) is 5.92 Å². The molecule has 0 aromatic heterocycles. The van der Waals surface area contributed by atoms with Crippen molar-refractivity contribution in [2.75, 3.05) is 6.54 Å². The van der Waals surface area contributed by atoms with E-state index in [0.717, 1.165) is 12.5 Å². The van der Waals surface area contributed by atoms with Gasteiger partial charge in [-0.2, -0.15) is 0 Å². The molecule has 0 atom stereocenters. The zero-order chi connectivity index (χ0) is 6.69. The lowest BCUT2D eigenvalue weighted by molar-refractivity contribution is 0.316. The second kappa shape index (κ2) is 3.01. The molecule has 2 nitrogen and oxygen atoms in total. The van der Waals surface area contributed by atoms with Crippen LogP contribution < -0.4 is 11.1 Å². The van der Waals surface area contributed by atoms with Crippen LogP contribution >= 0.6 is 12.2 Å². The van der Waals surface area contributed by atoms with Crippen molar-refractivity contribution in [2.24, 2.45) is 11.7 Å². The zero-order valence-electron chi connectivity index (χ0n) is 5.39. The van der Waals surface area contributed by atoms with Crippen LogP contribution in [0.3, 0.4) is 0 Å². The van der Waals surface area contributed by atoms with Gasteiger partial charge < -0.3 is 11.1 Å². The molecule has 0 saturated heterocycles. The second-order valence-electron chi connectivity index (χ2n) is 2.54. The molecule has 1 fully saturated rings. The van der Waals surface area contributed by atoms with Crippen LogP contribution in [0.1, 0.15) is 19.3 Å². The molecule has 1 aliphatic carbocycles. The first-order valence-electron chi connectivity index (χ1n) is 3.32. The van der Waals surface area contributed by atoms with E-state index >= 15 is 0 Å². The van der Waals surface area contributed by atoms with Crippen LogP contribution in [0.2, 0.25) is 0 Å². The van der Waals surface area contributed by atoms with Crippen LogP contribution in [-0.4, -0.2) is 11.7 Å². The molecule has 9 heavy (non-hydrogen) atoms. The molecular formula is C6H12N2S. The third-order valence-electron chi connectivity index (χ3n) is 1.79. The molecule has 1 aliphatic rings.